The molecular formula is C11H14N2O3. The zero-order valence-corrected chi connectivity index (χ0v) is 9.01. The summed E-state index contributed by atoms with van der Waals surface area (Å²) in [6.45, 7) is 0.381. The Kier molecular flexibility index (Phi) is 4.63. The Hall–Kier alpha value is -1.72. The molecule has 0 aliphatic carbocycles. The molecule has 0 aliphatic rings. The SMILES string of the molecule is CNCC=Cc1ccc(CO)c([N+](=O)[O-])c1. The van der Waals surface area contributed by atoms with E-state index in [0.29, 0.717) is 12.1 Å². The Morgan fingerprint density at radius 2 is 2.31 bits per heavy atom. The Balaban J connectivity index is 2.98. The summed E-state index contributed by atoms with van der Waals surface area (Å²) in [5, 5.41) is 22.6. The highest BCUT2D eigenvalue weighted by Gasteiger charge is 2.12. The highest BCUT2D eigenvalue weighted by atomic mass is 16.6. The lowest BCUT2D eigenvalue weighted by molar-refractivity contribution is -0.385. The summed E-state index contributed by atoms with van der Waals surface area (Å²) in [6, 6.07) is 4.76. The summed E-state index contributed by atoms with van der Waals surface area (Å²) in [4.78, 5) is 10.2. The number of nitrogens with one attached hydrogen (secondary N) is 1. The van der Waals surface area contributed by atoms with Crippen molar-refractivity contribution in [2.45, 2.75) is 6.61 Å². The molecule has 0 aliphatic heterocycles. The molecule has 16 heavy (non-hydrogen) atoms. The van der Waals surface area contributed by atoms with Crippen LogP contribution in [-0.4, -0.2) is 23.6 Å². The van der Waals surface area contributed by atoms with Crippen LogP contribution in [0.25, 0.3) is 6.08 Å². The molecule has 0 amide bonds. The van der Waals surface area contributed by atoms with E-state index in [4.69, 9.17) is 5.11 Å². The van der Waals surface area contributed by atoms with Gasteiger partial charge in [0.15, 0.2) is 0 Å². The molecule has 0 aromatic heterocycles. The van der Waals surface area contributed by atoms with Gasteiger partial charge in [0.1, 0.15) is 0 Å². The van der Waals surface area contributed by atoms with Crippen LogP contribution < -0.4 is 5.32 Å². The zero-order valence-electron chi connectivity index (χ0n) is 9.01. The van der Waals surface area contributed by atoms with Crippen molar-refractivity contribution in [3.05, 3.63) is 45.5 Å². The third kappa shape index (κ3) is 3.15. The largest absolute Gasteiger partial charge is 0.391 e. The lowest BCUT2D eigenvalue weighted by atomic mass is 10.1. The van der Waals surface area contributed by atoms with Gasteiger partial charge >= 0.3 is 0 Å². The van der Waals surface area contributed by atoms with Gasteiger partial charge in [0, 0.05) is 12.6 Å². The first-order valence-electron chi connectivity index (χ1n) is 4.88. The fourth-order valence-corrected chi connectivity index (χ4v) is 1.30. The standard InChI is InChI=1S/C11H14N2O3/c1-12-6-2-3-9-4-5-10(8-14)11(7-9)13(15)16/h2-5,7,12,14H,6,8H2,1H3. The molecule has 0 heterocycles. The summed E-state index contributed by atoms with van der Waals surface area (Å²) in [5.41, 5.74) is 1.03. The minimum atomic E-state index is -0.485. The number of rotatable bonds is 5. The first kappa shape index (κ1) is 12.4. The van der Waals surface area contributed by atoms with Gasteiger partial charge in [0.25, 0.3) is 5.69 Å². The molecule has 0 radical (unpaired) electrons. The molecule has 2 N–H and O–H groups in total. The summed E-state index contributed by atoms with van der Waals surface area (Å²) >= 11 is 0. The number of nitrogens with zero attached hydrogens (tertiary/aromatic N) is 1. The number of nitro benzene ring substituents is 1. The van der Waals surface area contributed by atoms with Gasteiger partial charge in [-0.25, -0.2) is 0 Å². The van der Waals surface area contributed by atoms with Crippen molar-refractivity contribution in [3.63, 3.8) is 0 Å². The summed E-state index contributed by atoms with van der Waals surface area (Å²) in [7, 11) is 1.82. The van der Waals surface area contributed by atoms with Crippen LogP contribution in [0.3, 0.4) is 0 Å². The Labute approximate surface area is 93.6 Å². The van der Waals surface area contributed by atoms with E-state index in [9.17, 15) is 10.1 Å². The minimum Gasteiger partial charge on any atom is -0.391 e. The fourth-order valence-electron chi connectivity index (χ4n) is 1.30. The van der Waals surface area contributed by atoms with Crippen molar-refractivity contribution in [2.24, 2.45) is 0 Å². The van der Waals surface area contributed by atoms with E-state index in [1.165, 1.54) is 6.07 Å². The summed E-state index contributed by atoms with van der Waals surface area (Å²) in [6.07, 6.45) is 3.67. The second-order valence-electron chi connectivity index (χ2n) is 3.26. The molecule has 0 atom stereocenters. The van der Waals surface area contributed by atoms with E-state index in [-0.39, 0.29) is 12.3 Å². The fraction of sp³-hybridized carbons (Fsp3) is 0.273. The number of hydrogen-bond acceptors (Lipinski definition) is 4. The zero-order chi connectivity index (χ0) is 12.0. The molecular weight excluding hydrogens is 208 g/mol. The van der Waals surface area contributed by atoms with Gasteiger partial charge in [-0.1, -0.05) is 18.2 Å². The maximum Gasteiger partial charge on any atom is 0.275 e. The van der Waals surface area contributed by atoms with E-state index in [0.717, 1.165) is 5.56 Å². The van der Waals surface area contributed by atoms with Crippen molar-refractivity contribution < 1.29 is 10.0 Å². The van der Waals surface area contributed by atoms with E-state index >= 15 is 0 Å². The normalized spacial score (nSPS) is 10.9. The van der Waals surface area contributed by atoms with Crippen molar-refractivity contribution in [2.75, 3.05) is 13.6 Å². The average molecular weight is 222 g/mol. The molecule has 1 rings (SSSR count). The van der Waals surface area contributed by atoms with Crippen molar-refractivity contribution >= 4 is 11.8 Å². The molecule has 0 saturated heterocycles. The molecule has 1 aromatic carbocycles. The smallest absolute Gasteiger partial charge is 0.275 e. The first-order chi connectivity index (χ1) is 7.69. The predicted octanol–water partition coefficient (Wildman–Crippen LogP) is 1.32. The molecule has 0 fully saturated rings. The van der Waals surface area contributed by atoms with Crippen LogP contribution in [0.5, 0.6) is 0 Å². The van der Waals surface area contributed by atoms with Crippen LogP contribution >= 0.6 is 0 Å². The highest BCUT2D eigenvalue weighted by Crippen LogP contribution is 2.20. The van der Waals surface area contributed by atoms with Crippen molar-refractivity contribution in [3.8, 4) is 0 Å². The van der Waals surface area contributed by atoms with Gasteiger partial charge in [-0.2, -0.15) is 0 Å². The van der Waals surface area contributed by atoms with Gasteiger partial charge in [0.05, 0.1) is 17.1 Å². The third-order valence-electron chi connectivity index (χ3n) is 2.11. The van der Waals surface area contributed by atoms with E-state index in [1.54, 1.807) is 18.2 Å². The molecule has 0 bridgehead atoms. The first-order valence-corrected chi connectivity index (χ1v) is 4.88. The van der Waals surface area contributed by atoms with Gasteiger partial charge in [0.2, 0.25) is 0 Å². The van der Waals surface area contributed by atoms with Crippen LogP contribution in [0.4, 0.5) is 5.69 Å². The molecule has 5 nitrogen and oxygen atoms in total. The predicted molar refractivity (Wildman–Crippen MR) is 62.0 cm³/mol. The van der Waals surface area contributed by atoms with E-state index in [1.807, 2.05) is 13.1 Å². The quantitative estimate of drug-likeness (QED) is 0.582. The molecule has 0 saturated carbocycles. The molecule has 0 spiro atoms. The number of nitro groups is 1. The number of aliphatic hydroxyl groups excluding tert-OH is 1. The van der Waals surface area contributed by atoms with Gasteiger partial charge in [-0.15, -0.1) is 0 Å². The molecule has 1 aromatic rings. The van der Waals surface area contributed by atoms with Crippen LogP contribution in [0.15, 0.2) is 24.3 Å². The monoisotopic (exact) mass is 222 g/mol. The van der Waals surface area contributed by atoms with Crippen molar-refractivity contribution in [1.29, 1.82) is 0 Å². The summed E-state index contributed by atoms with van der Waals surface area (Å²) in [5.74, 6) is 0. The van der Waals surface area contributed by atoms with E-state index < -0.39 is 4.92 Å². The minimum absolute atomic E-state index is 0.0471. The van der Waals surface area contributed by atoms with Crippen LogP contribution in [-0.2, 0) is 6.61 Å². The maximum atomic E-state index is 10.7. The lowest BCUT2D eigenvalue weighted by Gasteiger charge is -2.00. The number of benzene rings is 1. The molecule has 0 unspecified atom stereocenters. The third-order valence-corrected chi connectivity index (χ3v) is 2.11. The topological polar surface area (TPSA) is 75.4 Å². The Morgan fingerprint density at radius 1 is 1.56 bits per heavy atom. The van der Waals surface area contributed by atoms with E-state index in [2.05, 4.69) is 5.32 Å². The Morgan fingerprint density at radius 3 is 2.88 bits per heavy atom. The van der Waals surface area contributed by atoms with Gasteiger partial charge < -0.3 is 10.4 Å². The number of likely N-dealkylation sites (N-methyl/N-ethyl adjacent to an activating group) is 1. The van der Waals surface area contributed by atoms with Crippen LogP contribution in [0, 0.1) is 10.1 Å². The number of hydrogen-bond donors (Lipinski definition) is 2. The average Bonchev–Trinajstić information content (AvgIpc) is 2.29. The number of aliphatic hydroxyl groups is 1. The Bertz CT molecular complexity index is 402. The van der Waals surface area contributed by atoms with Crippen LogP contribution in [0.1, 0.15) is 11.1 Å². The second-order valence-corrected chi connectivity index (χ2v) is 3.26. The van der Waals surface area contributed by atoms with Gasteiger partial charge in [-0.3, -0.25) is 10.1 Å². The van der Waals surface area contributed by atoms with Crippen LogP contribution in [0.2, 0.25) is 0 Å². The highest BCUT2D eigenvalue weighted by molar-refractivity contribution is 5.56. The second kappa shape index (κ2) is 5.99. The molecule has 5 heteroatoms. The van der Waals surface area contributed by atoms with Gasteiger partial charge in [-0.05, 0) is 18.7 Å². The maximum absolute atomic E-state index is 10.7. The lowest BCUT2D eigenvalue weighted by Crippen LogP contribution is -2.03. The summed E-state index contributed by atoms with van der Waals surface area (Å²) < 4.78 is 0. The molecule has 86 valence electrons. The van der Waals surface area contributed by atoms with Crippen molar-refractivity contribution in [1.82, 2.24) is 5.32 Å².